The van der Waals surface area contributed by atoms with Gasteiger partial charge >= 0.3 is 5.97 Å². The quantitative estimate of drug-likeness (QED) is 0.0726. The van der Waals surface area contributed by atoms with Crippen molar-refractivity contribution in [2.24, 2.45) is 0 Å². The van der Waals surface area contributed by atoms with Crippen molar-refractivity contribution in [3.05, 3.63) is 59.8 Å². The van der Waals surface area contributed by atoms with Crippen LogP contribution in [0.3, 0.4) is 0 Å². The molecule has 1 aliphatic rings. The molecule has 1 fully saturated rings. The number of aromatic nitrogens is 1. The molecule has 1 saturated heterocycles. The van der Waals surface area contributed by atoms with Crippen LogP contribution >= 0.6 is 0 Å². The first-order valence-electron chi connectivity index (χ1n) is 16.1. The zero-order valence-electron chi connectivity index (χ0n) is 26.3. The predicted octanol–water partition coefficient (Wildman–Crippen LogP) is 9.10. The molecule has 5 heteroatoms. The van der Waals surface area contributed by atoms with Gasteiger partial charge in [-0.05, 0) is 83.4 Å². The Balaban J connectivity index is 1.33. The molecule has 1 aromatic carbocycles. The van der Waals surface area contributed by atoms with Gasteiger partial charge in [0.05, 0.1) is 17.3 Å². The average Bonchev–Trinajstić information content (AvgIpc) is 3.31. The first-order chi connectivity index (χ1) is 19.6. The van der Waals surface area contributed by atoms with E-state index in [1.807, 2.05) is 6.20 Å². The second-order valence-electron chi connectivity index (χ2n) is 12.9. The number of aliphatic hydroxyl groups is 1. The fourth-order valence-electron chi connectivity index (χ4n) is 5.45. The summed E-state index contributed by atoms with van der Waals surface area (Å²) in [6.07, 6.45) is 25.4. The van der Waals surface area contributed by atoms with Gasteiger partial charge in [0, 0.05) is 35.9 Å². The normalized spacial score (nSPS) is 17.6. The topological polar surface area (TPSA) is 74.9 Å². The monoisotopic (exact) mass is 565 g/mol. The molecule has 0 aliphatic carbocycles. The average molecular weight is 566 g/mol. The minimum Gasteiger partial charge on any atom is -0.465 e. The number of fused-ring (bicyclic) bond motifs is 1. The number of epoxide rings is 1. The molecule has 0 bridgehead atoms. The molecule has 0 amide bonds. The van der Waals surface area contributed by atoms with Crippen molar-refractivity contribution >= 4 is 16.9 Å². The maximum Gasteiger partial charge on any atom is 0.305 e. The zero-order chi connectivity index (χ0) is 29.7. The van der Waals surface area contributed by atoms with E-state index in [0.717, 1.165) is 55.0 Å². The first-order valence-corrected chi connectivity index (χ1v) is 16.1. The van der Waals surface area contributed by atoms with Crippen molar-refractivity contribution < 1.29 is 19.4 Å². The minimum absolute atomic E-state index is 0.0338. The standard InChI is InChI=1S/C36H55NO4/c1-6-7-8-9-10-11-12-13-14-15-16-17-18-19-20-21-34(38)40-27-31(35(2,3)39)30-26-37-32-24-28(22-23-29(30)32)25-33-36(4,5)41-33/h10-11,13-14,22-24,26,31,33,37,39H,6-9,12,15-21,25,27H2,1-5H3/b11-10-,14-13-/t31-,33+/m1/s1. The van der Waals surface area contributed by atoms with Crippen molar-refractivity contribution in [1.82, 2.24) is 4.98 Å². The second kappa shape index (κ2) is 16.3. The number of carbonyl (C=O) groups excluding carboxylic acids is 1. The molecular formula is C36H55NO4. The third-order valence-corrected chi connectivity index (χ3v) is 8.33. The van der Waals surface area contributed by atoms with E-state index in [4.69, 9.17) is 9.47 Å². The van der Waals surface area contributed by atoms with Crippen LogP contribution in [0.15, 0.2) is 48.7 Å². The molecule has 0 radical (unpaired) electrons. The van der Waals surface area contributed by atoms with E-state index in [2.05, 4.69) is 68.3 Å². The number of rotatable bonds is 20. The van der Waals surface area contributed by atoms with Gasteiger partial charge in [-0.2, -0.15) is 0 Å². The maximum atomic E-state index is 12.5. The summed E-state index contributed by atoms with van der Waals surface area (Å²) < 4.78 is 11.4. The largest absolute Gasteiger partial charge is 0.465 e. The van der Waals surface area contributed by atoms with Crippen LogP contribution < -0.4 is 0 Å². The molecule has 0 spiro atoms. The highest BCUT2D eigenvalue weighted by Crippen LogP contribution is 2.39. The Morgan fingerprint density at radius 2 is 1.71 bits per heavy atom. The maximum absolute atomic E-state index is 12.5. The Morgan fingerprint density at radius 3 is 2.37 bits per heavy atom. The van der Waals surface area contributed by atoms with Crippen molar-refractivity contribution in [2.45, 2.75) is 141 Å². The van der Waals surface area contributed by atoms with Gasteiger partial charge in [0.25, 0.3) is 0 Å². The summed E-state index contributed by atoms with van der Waals surface area (Å²) in [6.45, 7) is 10.2. The molecule has 5 nitrogen and oxygen atoms in total. The van der Waals surface area contributed by atoms with E-state index in [9.17, 15) is 9.90 Å². The molecule has 0 unspecified atom stereocenters. The second-order valence-corrected chi connectivity index (χ2v) is 12.9. The van der Waals surface area contributed by atoms with Crippen molar-refractivity contribution in [2.75, 3.05) is 6.61 Å². The summed E-state index contributed by atoms with van der Waals surface area (Å²) in [5.74, 6) is -0.500. The lowest BCUT2D eigenvalue weighted by Crippen LogP contribution is -2.33. The van der Waals surface area contributed by atoms with Gasteiger partial charge in [-0.25, -0.2) is 0 Å². The van der Waals surface area contributed by atoms with E-state index < -0.39 is 5.60 Å². The van der Waals surface area contributed by atoms with Crippen LogP contribution in [-0.4, -0.2) is 40.0 Å². The Hall–Kier alpha value is -2.37. The molecule has 2 N–H and O–H groups in total. The predicted molar refractivity (Wildman–Crippen MR) is 170 cm³/mol. The summed E-state index contributed by atoms with van der Waals surface area (Å²) in [7, 11) is 0. The molecule has 228 valence electrons. The Kier molecular flexibility index (Phi) is 13.2. The van der Waals surface area contributed by atoms with Gasteiger partial charge < -0.3 is 19.6 Å². The van der Waals surface area contributed by atoms with Crippen LogP contribution in [0.4, 0.5) is 0 Å². The number of aromatic amines is 1. The SMILES string of the molecule is CCCCC/C=C\C/C=C\CCCCCCCC(=O)OC[C@H](c1c[nH]c2cc(C[C@@H]3OC3(C)C)ccc12)C(C)(C)O. The van der Waals surface area contributed by atoms with E-state index in [-0.39, 0.29) is 30.2 Å². The van der Waals surface area contributed by atoms with Crippen LogP contribution in [0.5, 0.6) is 0 Å². The van der Waals surface area contributed by atoms with E-state index in [1.54, 1.807) is 13.8 Å². The van der Waals surface area contributed by atoms with Crippen molar-refractivity contribution in [3.63, 3.8) is 0 Å². The summed E-state index contributed by atoms with van der Waals surface area (Å²) >= 11 is 0. The number of unbranched alkanes of at least 4 members (excludes halogenated alkanes) is 8. The molecule has 2 atom stereocenters. The third-order valence-electron chi connectivity index (χ3n) is 8.33. The number of esters is 1. The van der Waals surface area contributed by atoms with Crippen LogP contribution in [0.25, 0.3) is 10.9 Å². The lowest BCUT2D eigenvalue weighted by atomic mass is 9.85. The number of nitrogens with one attached hydrogen (secondary N) is 1. The minimum atomic E-state index is -1.03. The Labute approximate surface area is 248 Å². The van der Waals surface area contributed by atoms with Gasteiger partial charge in [0.1, 0.15) is 6.61 Å². The van der Waals surface area contributed by atoms with E-state index in [0.29, 0.717) is 6.42 Å². The van der Waals surface area contributed by atoms with Gasteiger partial charge in [-0.1, -0.05) is 75.5 Å². The number of allylic oxidation sites excluding steroid dienone is 4. The summed E-state index contributed by atoms with van der Waals surface area (Å²) in [5.41, 5.74) is 2.17. The van der Waals surface area contributed by atoms with Crippen LogP contribution in [0, 0.1) is 0 Å². The van der Waals surface area contributed by atoms with Gasteiger partial charge in [-0.15, -0.1) is 0 Å². The van der Waals surface area contributed by atoms with Crippen molar-refractivity contribution in [3.8, 4) is 0 Å². The number of hydrogen-bond donors (Lipinski definition) is 2. The van der Waals surface area contributed by atoms with E-state index >= 15 is 0 Å². The lowest BCUT2D eigenvalue weighted by molar-refractivity contribution is -0.145. The fourth-order valence-corrected chi connectivity index (χ4v) is 5.45. The number of carbonyl (C=O) groups is 1. The molecular weight excluding hydrogens is 510 g/mol. The lowest BCUT2D eigenvalue weighted by Gasteiger charge is -2.29. The zero-order valence-corrected chi connectivity index (χ0v) is 26.3. The van der Waals surface area contributed by atoms with Crippen LogP contribution in [0.1, 0.15) is 129 Å². The highest BCUT2D eigenvalue weighted by molar-refractivity contribution is 5.84. The number of ether oxygens (including phenoxy) is 2. The summed E-state index contributed by atoms with van der Waals surface area (Å²) in [5, 5.41) is 12.0. The molecule has 2 heterocycles. The number of benzene rings is 1. The highest BCUT2D eigenvalue weighted by Gasteiger charge is 2.47. The van der Waals surface area contributed by atoms with Crippen LogP contribution in [-0.2, 0) is 20.7 Å². The Morgan fingerprint density at radius 1 is 1.05 bits per heavy atom. The highest BCUT2D eigenvalue weighted by atomic mass is 16.6. The number of hydrogen-bond acceptors (Lipinski definition) is 4. The van der Waals surface area contributed by atoms with Crippen molar-refractivity contribution in [1.29, 1.82) is 0 Å². The van der Waals surface area contributed by atoms with E-state index in [1.165, 1.54) is 44.1 Å². The Bertz CT molecular complexity index is 1120. The molecule has 0 saturated carbocycles. The molecule has 1 aliphatic heterocycles. The molecule has 2 aromatic rings. The van der Waals surface area contributed by atoms with Crippen LogP contribution in [0.2, 0.25) is 0 Å². The first kappa shape index (κ1) is 33.1. The van der Waals surface area contributed by atoms with Gasteiger partial charge in [0.15, 0.2) is 0 Å². The number of H-pyrrole nitrogens is 1. The molecule has 1 aromatic heterocycles. The molecule has 3 rings (SSSR count). The van der Waals surface area contributed by atoms with Gasteiger partial charge in [0.2, 0.25) is 0 Å². The smallest absolute Gasteiger partial charge is 0.305 e. The molecule has 41 heavy (non-hydrogen) atoms. The van der Waals surface area contributed by atoms with Gasteiger partial charge in [-0.3, -0.25) is 4.79 Å². The fraction of sp³-hybridized carbons (Fsp3) is 0.639. The third kappa shape index (κ3) is 11.4. The summed E-state index contributed by atoms with van der Waals surface area (Å²) in [4.78, 5) is 15.9. The summed E-state index contributed by atoms with van der Waals surface area (Å²) in [6, 6.07) is 6.40.